The van der Waals surface area contributed by atoms with E-state index in [1.165, 1.54) is 5.56 Å². The zero-order valence-corrected chi connectivity index (χ0v) is 17.5. The van der Waals surface area contributed by atoms with E-state index in [0.717, 1.165) is 14.9 Å². The van der Waals surface area contributed by atoms with Crippen LogP contribution in [-0.2, 0) is 9.84 Å². The molecule has 0 bridgehead atoms. The Kier molecular flexibility index (Phi) is 6.22. The molecule has 3 rings (SSSR count). The number of sulfone groups is 1. The van der Waals surface area contributed by atoms with E-state index in [2.05, 4.69) is 15.9 Å². The molecular formula is C21H19BrO2S2. The van der Waals surface area contributed by atoms with E-state index >= 15 is 0 Å². The molecule has 0 saturated heterocycles. The van der Waals surface area contributed by atoms with Gasteiger partial charge in [-0.25, -0.2) is 8.42 Å². The van der Waals surface area contributed by atoms with Crippen molar-refractivity contribution in [1.82, 2.24) is 0 Å². The minimum atomic E-state index is -3.39. The smallest absolute Gasteiger partial charge is 0.179 e. The van der Waals surface area contributed by atoms with Crippen LogP contribution < -0.4 is 0 Å². The van der Waals surface area contributed by atoms with Gasteiger partial charge in [-0.3, -0.25) is 0 Å². The van der Waals surface area contributed by atoms with Crippen molar-refractivity contribution in [2.45, 2.75) is 22.0 Å². The zero-order valence-electron chi connectivity index (χ0n) is 14.3. The highest BCUT2D eigenvalue weighted by Gasteiger charge is 2.23. The summed E-state index contributed by atoms with van der Waals surface area (Å²) in [5.74, 6) is 0.0528. The number of halogens is 1. The van der Waals surface area contributed by atoms with Gasteiger partial charge in [0.15, 0.2) is 9.84 Å². The van der Waals surface area contributed by atoms with Crippen molar-refractivity contribution in [1.29, 1.82) is 0 Å². The molecule has 0 radical (unpaired) electrons. The molecule has 2 nitrogen and oxygen atoms in total. The lowest BCUT2D eigenvalue weighted by molar-refractivity contribution is 0.595. The first-order valence-electron chi connectivity index (χ1n) is 8.21. The fourth-order valence-electron chi connectivity index (χ4n) is 2.58. The average molecular weight is 447 g/mol. The van der Waals surface area contributed by atoms with Crippen molar-refractivity contribution in [2.75, 3.05) is 5.75 Å². The minimum absolute atomic E-state index is 0.0528. The van der Waals surface area contributed by atoms with Gasteiger partial charge in [0, 0.05) is 14.6 Å². The lowest BCUT2D eigenvalue weighted by Gasteiger charge is -2.18. The number of aryl methyl sites for hydroxylation is 1. The number of hydrogen-bond donors (Lipinski definition) is 0. The number of hydrogen-bond acceptors (Lipinski definition) is 3. The molecule has 0 unspecified atom stereocenters. The molecule has 5 heteroatoms. The van der Waals surface area contributed by atoms with Crippen LogP contribution in [0, 0.1) is 6.92 Å². The molecule has 3 aromatic rings. The highest BCUT2D eigenvalue weighted by Crippen LogP contribution is 2.37. The average Bonchev–Trinajstić information content (AvgIpc) is 2.64. The Morgan fingerprint density at radius 3 is 2.12 bits per heavy atom. The minimum Gasteiger partial charge on any atom is -0.224 e. The first-order chi connectivity index (χ1) is 12.4. The molecule has 0 fully saturated rings. The normalized spacial score (nSPS) is 12.7. The van der Waals surface area contributed by atoms with Crippen LogP contribution >= 0.6 is 27.7 Å². The highest BCUT2D eigenvalue weighted by atomic mass is 79.9. The topological polar surface area (TPSA) is 34.1 Å². The van der Waals surface area contributed by atoms with Gasteiger partial charge in [0.05, 0.1) is 10.6 Å². The maximum atomic E-state index is 12.9. The molecule has 1 atom stereocenters. The van der Waals surface area contributed by atoms with Gasteiger partial charge in [-0.2, -0.15) is 0 Å². The van der Waals surface area contributed by atoms with Crippen molar-refractivity contribution in [2.24, 2.45) is 0 Å². The Balaban J connectivity index is 1.90. The van der Waals surface area contributed by atoms with Crippen LogP contribution in [0.5, 0.6) is 0 Å². The second-order valence-electron chi connectivity index (χ2n) is 6.07. The summed E-state index contributed by atoms with van der Waals surface area (Å²) >= 11 is 4.94. The third-order valence-electron chi connectivity index (χ3n) is 4.01. The lowest BCUT2D eigenvalue weighted by atomic mass is 10.2. The summed E-state index contributed by atoms with van der Waals surface area (Å²) in [6, 6.07) is 24.8. The summed E-state index contributed by atoms with van der Waals surface area (Å²) in [6.07, 6.45) is 0. The molecule has 0 saturated carbocycles. The monoisotopic (exact) mass is 446 g/mol. The summed E-state index contributed by atoms with van der Waals surface area (Å²) < 4.78 is 26.8. The van der Waals surface area contributed by atoms with Gasteiger partial charge in [0.1, 0.15) is 0 Å². The largest absolute Gasteiger partial charge is 0.224 e. The summed E-state index contributed by atoms with van der Waals surface area (Å²) in [6.45, 7) is 2.04. The van der Waals surface area contributed by atoms with Crippen molar-refractivity contribution in [3.63, 3.8) is 0 Å². The Hall–Kier alpha value is -1.56. The SMILES string of the molecule is Cc1ccc(S[C@@H](CS(=O)(=O)c2ccc(Br)cc2)c2ccccc2)cc1. The quantitative estimate of drug-likeness (QED) is 0.431. The summed E-state index contributed by atoms with van der Waals surface area (Å²) in [5.41, 5.74) is 2.20. The summed E-state index contributed by atoms with van der Waals surface area (Å²) in [4.78, 5) is 1.42. The van der Waals surface area contributed by atoms with Gasteiger partial charge in [-0.05, 0) is 48.9 Å². The molecule has 0 aliphatic carbocycles. The molecule has 26 heavy (non-hydrogen) atoms. The van der Waals surface area contributed by atoms with Crippen molar-refractivity contribution in [3.8, 4) is 0 Å². The predicted octanol–water partition coefficient (Wildman–Crippen LogP) is 6.06. The molecule has 0 heterocycles. The van der Waals surface area contributed by atoms with Gasteiger partial charge >= 0.3 is 0 Å². The van der Waals surface area contributed by atoms with E-state index < -0.39 is 9.84 Å². The Bertz CT molecular complexity index is 951. The van der Waals surface area contributed by atoms with E-state index in [-0.39, 0.29) is 11.0 Å². The maximum absolute atomic E-state index is 12.9. The van der Waals surface area contributed by atoms with Crippen LogP contribution in [0.15, 0.2) is 93.1 Å². The molecule has 0 N–H and O–H groups in total. The van der Waals surface area contributed by atoms with E-state index in [1.54, 1.807) is 36.0 Å². The van der Waals surface area contributed by atoms with Crippen LogP contribution in [0.4, 0.5) is 0 Å². The van der Waals surface area contributed by atoms with E-state index in [1.807, 2.05) is 61.5 Å². The van der Waals surface area contributed by atoms with Crippen LogP contribution in [0.1, 0.15) is 16.4 Å². The van der Waals surface area contributed by atoms with Crippen molar-refractivity contribution in [3.05, 3.63) is 94.5 Å². The van der Waals surface area contributed by atoms with E-state index in [4.69, 9.17) is 0 Å². The van der Waals surface area contributed by atoms with Crippen molar-refractivity contribution >= 4 is 37.5 Å². The number of rotatable bonds is 6. The van der Waals surface area contributed by atoms with Crippen molar-refractivity contribution < 1.29 is 8.42 Å². The van der Waals surface area contributed by atoms with Crippen LogP contribution in [0.25, 0.3) is 0 Å². The first kappa shape index (κ1) is 19.2. The molecule has 3 aromatic carbocycles. The molecule has 0 amide bonds. The molecule has 0 spiro atoms. The lowest BCUT2D eigenvalue weighted by Crippen LogP contribution is -2.13. The van der Waals surface area contributed by atoms with Gasteiger partial charge in [0.25, 0.3) is 0 Å². The van der Waals surface area contributed by atoms with E-state index in [9.17, 15) is 8.42 Å². The highest BCUT2D eigenvalue weighted by molar-refractivity contribution is 9.10. The third kappa shape index (κ3) is 5.00. The maximum Gasteiger partial charge on any atom is 0.179 e. The second-order valence-corrected chi connectivity index (χ2v) is 10.3. The Morgan fingerprint density at radius 2 is 1.50 bits per heavy atom. The van der Waals surface area contributed by atoms with Gasteiger partial charge in [-0.15, -0.1) is 11.8 Å². The first-order valence-corrected chi connectivity index (χ1v) is 11.5. The third-order valence-corrected chi connectivity index (χ3v) is 7.78. The molecule has 0 aromatic heterocycles. The fourth-order valence-corrected chi connectivity index (χ4v) is 5.91. The molecule has 0 aliphatic rings. The molecular weight excluding hydrogens is 428 g/mol. The molecule has 134 valence electrons. The van der Waals surface area contributed by atoms with Crippen LogP contribution in [-0.4, -0.2) is 14.2 Å². The fraction of sp³-hybridized carbons (Fsp3) is 0.143. The summed E-state index contributed by atoms with van der Waals surface area (Å²) in [5, 5.41) is -0.174. The second kappa shape index (κ2) is 8.42. The van der Waals surface area contributed by atoms with Gasteiger partial charge in [0.2, 0.25) is 0 Å². The number of benzene rings is 3. The standard InChI is InChI=1S/C21H19BrO2S2/c1-16-7-11-19(12-8-16)25-21(17-5-3-2-4-6-17)15-26(23,24)20-13-9-18(22)10-14-20/h2-14,21H,15H2,1H3/t21-/m0/s1. The zero-order chi connectivity index (χ0) is 18.6. The predicted molar refractivity (Wildman–Crippen MR) is 112 cm³/mol. The van der Waals surface area contributed by atoms with Gasteiger partial charge < -0.3 is 0 Å². The van der Waals surface area contributed by atoms with Crippen LogP contribution in [0.2, 0.25) is 0 Å². The molecule has 0 aliphatic heterocycles. The van der Waals surface area contributed by atoms with Crippen LogP contribution in [0.3, 0.4) is 0 Å². The summed E-state index contributed by atoms with van der Waals surface area (Å²) in [7, 11) is -3.39. The Morgan fingerprint density at radius 1 is 0.885 bits per heavy atom. The number of thioether (sulfide) groups is 1. The Labute approximate surface area is 167 Å². The van der Waals surface area contributed by atoms with E-state index in [0.29, 0.717) is 4.90 Å². The van der Waals surface area contributed by atoms with Gasteiger partial charge in [-0.1, -0.05) is 64.0 Å².